The van der Waals surface area contributed by atoms with E-state index in [2.05, 4.69) is 4.98 Å². The lowest BCUT2D eigenvalue weighted by atomic mass is 10.0. The predicted molar refractivity (Wildman–Crippen MR) is 75.5 cm³/mol. The van der Waals surface area contributed by atoms with Crippen molar-refractivity contribution in [1.29, 1.82) is 0 Å². The van der Waals surface area contributed by atoms with E-state index in [1.807, 2.05) is 6.07 Å². The summed E-state index contributed by atoms with van der Waals surface area (Å²) in [6, 6.07) is 5.35. The minimum Gasteiger partial charge on any atom is -0.477 e. The van der Waals surface area contributed by atoms with Gasteiger partial charge >= 0.3 is 5.97 Å². The predicted octanol–water partition coefficient (Wildman–Crippen LogP) is 0.785. The van der Waals surface area contributed by atoms with E-state index in [1.165, 1.54) is 0 Å². The van der Waals surface area contributed by atoms with Crippen LogP contribution >= 0.6 is 0 Å². The molecule has 0 atom stereocenters. The van der Waals surface area contributed by atoms with E-state index in [4.69, 9.17) is 11.5 Å². The highest BCUT2D eigenvalue weighted by atomic mass is 16.4. The molecule has 1 aromatic carbocycles. The maximum Gasteiger partial charge on any atom is 0.352 e. The van der Waals surface area contributed by atoms with Crippen molar-refractivity contribution in [3.8, 4) is 0 Å². The highest BCUT2D eigenvalue weighted by Crippen LogP contribution is 2.25. The molecule has 0 saturated heterocycles. The zero-order chi connectivity index (χ0) is 14.7. The summed E-state index contributed by atoms with van der Waals surface area (Å²) in [5.74, 6) is -1.41. The first-order chi connectivity index (χ1) is 9.52. The van der Waals surface area contributed by atoms with Crippen molar-refractivity contribution in [2.24, 2.45) is 11.5 Å². The second kappa shape index (κ2) is 5.75. The summed E-state index contributed by atoms with van der Waals surface area (Å²) in [5.41, 5.74) is 13.1. The Balaban J connectivity index is 2.53. The Morgan fingerprint density at radius 3 is 2.65 bits per heavy atom. The molecule has 0 bridgehead atoms. The number of nitrogens with two attached hydrogens (primary N) is 2. The molecule has 1 aromatic heterocycles. The monoisotopic (exact) mass is 275 g/mol. The molecule has 6 N–H and O–H groups in total. The molecule has 0 aliphatic heterocycles. The van der Waals surface area contributed by atoms with Crippen LogP contribution in [-0.2, 0) is 17.6 Å². The van der Waals surface area contributed by atoms with E-state index in [1.54, 1.807) is 12.1 Å². The molecule has 2 rings (SSSR count). The van der Waals surface area contributed by atoms with Crippen LogP contribution < -0.4 is 11.5 Å². The van der Waals surface area contributed by atoms with Gasteiger partial charge in [0.25, 0.3) is 0 Å². The van der Waals surface area contributed by atoms with Gasteiger partial charge in [-0.15, -0.1) is 0 Å². The van der Waals surface area contributed by atoms with Crippen molar-refractivity contribution in [3.63, 3.8) is 0 Å². The normalized spacial score (nSPS) is 10.8. The number of aryl methyl sites for hydroxylation is 1. The van der Waals surface area contributed by atoms with Crippen molar-refractivity contribution in [2.75, 3.05) is 6.54 Å². The molecular formula is C14H17N3O3. The largest absolute Gasteiger partial charge is 0.477 e. The average molecular weight is 275 g/mol. The van der Waals surface area contributed by atoms with Gasteiger partial charge in [-0.1, -0.05) is 6.07 Å². The van der Waals surface area contributed by atoms with Gasteiger partial charge in [0.2, 0.25) is 5.91 Å². The van der Waals surface area contributed by atoms with Gasteiger partial charge in [-0.3, -0.25) is 4.79 Å². The molecule has 0 unspecified atom stereocenters. The number of H-pyrrole nitrogens is 1. The quantitative estimate of drug-likeness (QED) is 0.622. The van der Waals surface area contributed by atoms with E-state index < -0.39 is 11.9 Å². The third kappa shape index (κ3) is 2.80. The van der Waals surface area contributed by atoms with E-state index in [9.17, 15) is 14.7 Å². The Kier molecular flexibility index (Phi) is 4.05. The van der Waals surface area contributed by atoms with E-state index >= 15 is 0 Å². The fourth-order valence-corrected chi connectivity index (χ4v) is 2.33. The van der Waals surface area contributed by atoms with Crippen molar-refractivity contribution < 1.29 is 14.7 Å². The summed E-state index contributed by atoms with van der Waals surface area (Å²) in [6.07, 6.45) is 1.42. The SMILES string of the molecule is NCCCc1c(C(=O)O)[nH]c2ccc(CC(N)=O)cc12. The van der Waals surface area contributed by atoms with Crippen LogP contribution in [0, 0.1) is 0 Å². The number of fused-ring (bicyclic) bond motifs is 1. The van der Waals surface area contributed by atoms with Gasteiger partial charge in [0.05, 0.1) is 6.42 Å². The van der Waals surface area contributed by atoms with Gasteiger partial charge in [-0.25, -0.2) is 4.79 Å². The summed E-state index contributed by atoms with van der Waals surface area (Å²) >= 11 is 0. The van der Waals surface area contributed by atoms with Crippen molar-refractivity contribution in [3.05, 3.63) is 35.0 Å². The molecule has 1 amide bonds. The lowest BCUT2D eigenvalue weighted by Crippen LogP contribution is -2.13. The van der Waals surface area contributed by atoms with Crippen LogP contribution in [0.5, 0.6) is 0 Å². The van der Waals surface area contributed by atoms with E-state index in [-0.39, 0.29) is 12.1 Å². The van der Waals surface area contributed by atoms with Crippen molar-refractivity contribution in [1.82, 2.24) is 4.98 Å². The lowest BCUT2D eigenvalue weighted by molar-refractivity contribution is -0.117. The Labute approximate surface area is 115 Å². The summed E-state index contributed by atoms with van der Waals surface area (Å²) in [7, 11) is 0. The molecule has 0 saturated carbocycles. The smallest absolute Gasteiger partial charge is 0.352 e. The molecule has 0 radical (unpaired) electrons. The topological polar surface area (TPSA) is 122 Å². The molecule has 6 nitrogen and oxygen atoms in total. The Bertz CT molecular complexity index is 661. The van der Waals surface area contributed by atoms with Crippen LogP contribution in [0.15, 0.2) is 18.2 Å². The van der Waals surface area contributed by atoms with Gasteiger partial charge in [0.15, 0.2) is 0 Å². The summed E-state index contributed by atoms with van der Waals surface area (Å²) < 4.78 is 0. The summed E-state index contributed by atoms with van der Waals surface area (Å²) in [4.78, 5) is 25.2. The minimum atomic E-state index is -0.996. The van der Waals surface area contributed by atoms with Gasteiger partial charge in [-0.05, 0) is 42.6 Å². The van der Waals surface area contributed by atoms with Crippen LogP contribution in [-0.4, -0.2) is 28.5 Å². The number of nitrogens with one attached hydrogen (secondary N) is 1. The number of aromatic amines is 1. The van der Waals surface area contributed by atoms with E-state index in [0.717, 1.165) is 22.0 Å². The number of aromatic carboxylic acids is 1. The highest BCUT2D eigenvalue weighted by Gasteiger charge is 2.17. The Morgan fingerprint density at radius 1 is 1.30 bits per heavy atom. The highest BCUT2D eigenvalue weighted by molar-refractivity contribution is 5.97. The standard InChI is InChI=1S/C14H17N3O3/c15-5-1-2-9-10-6-8(7-12(16)18)3-4-11(10)17-13(9)14(19)20/h3-4,6,17H,1-2,5,7,15H2,(H2,16,18)(H,19,20). The third-order valence-corrected chi connectivity index (χ3v) is 3.19. The number of hydrogen-bond donors (Lipinski definition) is 4. The van der Waals surface area contributed by atoms with Crippen molar-refractivity contribution in [2.45, 2.75) is 19.3 Å². The maximum atomic E-state index is 11.3. The zero-order valence-corrected chi connectivity index (χ0v) is 11.0. The van der Waals surface area contributed by atoms with Crippen LogP contribution in [0.2, 0.25) is 0 Å². The number of rotatable bonds is 6. The first-order valence-electron chi connectivity index (χ1n) is 6.38. The number of carboxylic acids is 1. The molecule has 0 aliphatic carbocycles. The van der Waals surface area contributed by atoms with Crippen LogP contribution in [0.25, 0.3) is 10.9 Å². The van der Waals surface area contributed by atoms with Crippen LogP contribution in [0.4, 0.5) is 0 Å². The first-order valence-corrected chi connectivity index (χ1v) is 6.38. The number of carboxylic acid groups (broad SMARTS) is 1. The number of carbonyl (C=O) groups is 2. The lowest BCUT2D eigenvalue weighted by Gasteiger charge is -2.02. The molecule has 0 spiro atoms. The molecule has 0 fully saturated rings. The maximum absolute atomic E-state index is 11.3. The molecule has 2 aromatic rings. The van der Waals surface area contributed by atoms with Gasteiger partial charge in [-0.2, -0.15) is 0 Å². The molecule has 6 heteroatoms. The van der Waals surface area contributed by atoms with Crippen LogP contribution in [0.1, 0.15) is 28.0 Å². The number of amides is 1. The Hall–Kier alpha value is -2.34. The minimum absolute atomic E-state index is 0.139. The molecule has 1 heterocycles. The molecule has 106 valence electrons. The van der Waals surface area contributed by atoms with Gasteiger partial charge < -0.3 is 21.6 Å². The first kappa shape index (κ1) is 14.1. The second-order valence-corrected chi connectivity index (χ2v) is 4.70. The van der Waals surface area contributed by atoms with Gasteiger partial charge in [0, 0.05) is 10.9 Å². The van der Waals surface area contributed by atoms with Gasteiger partial charge in [0.1, 0.15) is 5.69 Å². The fraction of sp³-hybridized carbons (Fsp3) is 0.286. The number of aromatic nitrogens is 1. The number of primary amides is 1. The number of hydrogen-bond acceptors (Lipinski definition) is 3. The van der Waals surface area contributed by atoms with Crippen molar-refractivity contribution >= 4 is 22.8 Å². The average Bonchev–Trinajstić information content (AvgIpc) is 2.74. The second-order valence-electron chi connectivity index (χ2n) is 4.70. The number of carbonyl (C=O) groups excluding carboxylic acids is 1. The molecule has 20 heavy (non-hydrogen) atoms. The summed E-state index contributed by atoms with van der Waals surface area (Å²) in [5, 5.41) is 10.1. The van der Waals surface area contributed by atoms with E-state index in [0.29, 0.717) is 19.4 Å². The summed E-state index contributed by atoms with van der Waals surface area (Å²) in [6.45, 7) is 0.493. The Morgan fingerprint density at radius 2 is 2.05 bits per heavy atom. The fourth-order valence-electron chi connectivity index (χ4n) is 2.33. The number of benzene rings is 1. The van der Waals surface area contributed by atoms with Crippen LogP contribution in [0.3, 0.4) is 0 Å². The zero-order valence-electron chi connectivity index (χ0n) is 11.0. The third-order valence-electron chi connectivity index (χ3n) is 3.19. The molecule has 0 aliphatic rings. The molecular weight excluding hydrogens is 258 g/mol.